The lowest BCUT2D eigenvalue weighted by atomic mass is 9.84. The highest BCUT2D eigenvalue weighted by Crippen LogP contribution is 2.31. The van der Waals surface area contributed by atoms with Crippen LogP contribution in [0.2, 0.25) is 0 Å². The quantitative estimate of drug-likeness (QED) is 0.556. The molecule has 2 N–H and O–H groups in total. The molecule has 3 fully saturated rings. The summed E-state index contributed by atoms with van der Waals surface area (Å²) in [6.45, 7) is 6.29. The molecule has 0 aromatic heterocycles. The van der Waals surface area contributed by atoms with E-state index in [4.69, 9.17) is 0 Å². The summed E-state index contributed by atoms with van der Waals surface area (Å²) in [5.74, 6) is 0.974. The van der Waals surface area contributed by atoms with Gasteiger partial charge >= 0.3 is 0 Å². The highest BCUT2D eigenvalue weighted by molar-refractivity contribution is 5.97. The first-order valence-corrected chi connectivity index (χ1v) is 11.9. The number of nitrogens with zero attached hydrogens (tertiary/aromatic N) is 4. The Hall–Kier alpha value is -2.12. The Labute approximate surface area is 186 Å². The minimum absolute atomic E-state index is 0.0716. The first kappa shape index (κ1) is 22.1. The number of para-hydroxylation sites is 1. The minimum atomic E-state index is 0.0716. The Bertz CT molecular complexity index is 753. The molecule has 170 valence electrons. The number of nitrogens with one attached hydrogen (secondary N) is 2. The van der Waals surface area contributed by atoms with Crippen molar-refractivity contribution in [3.8, 4) is 0 Å². The summed E-state index contributed by atoms with van der Waals surface area (Å²) in [6, 6.07) is 10.00. The van der Waals surface area contributed by atoms with Crippen molar-refractivity contribution in [2.75, 3.05) is 58.3 Å². The zero-order chi connectivity index (χ0) is 21.7. The number of hydrogen-bond acceptors (Lipinski definition) is 4. The summed E-state index contributed by atoms with van der Waals surface area (Å²) in [5, 5.41) is 7.15. The molecule has 1 unspecified atom stereocenters. The van der Waals surface area contributed by atoms with Gasteiger partial charge in [-0.05, 0) is 71.0 Å². The molecule has 7 nitrogen and oxygen atoms in total. The molecule has 3 aliphatic heterocycles. The van der Waals surface area contributed by atoms with Gasteiger partial charge in [-0.25, -0.2) is 0 Å². The minimum Gasteiger partial charge on any atom is -0.355 e. The van der Waals surface area contributed by atoms with Gasteiger partial charge in [0.1, 0.15) is 0 Å². The van der Waals surface area contributed by atoms with E-state index in [1.54, 1.807) is 0 Å². The first-order valence-electron chi connectivity index (χ1n) is 11.9. The number of hydrogen-bond donors (Lipinski definition) is 2. The van der Waals surface area contributed by atoms with Crippen LogP contribution in [0.25, 0.3) is 0 Å². The maximum Gasteiger partial charge on any atom is 0.229 e. The standard InChI is InChI=1S/C24H38N6O/c1-25-23(27-20-17-22(31)30(18-20)21-9-5-3-6-10-21)26-19-24(11-15-28(2)16-12-24)29-13-7-4-8-14-29/h3,5-6,9-10,20H,4,7-8,11-19H2,1-2H3,(H2,25,26,27). The van der Waals surface area contributed by atoms with Crippen LogP contribution in [-0.2, 0) is 4.79 Å². The van der Waals surface area contributed by atoms with Crippen molar-refractivity contribution in [1.29, 1.82) is 0 Å². The molecule has 0 spiro atoms. The van der Waals surface area contributed by atoms with Gasteiger partial charge in [0.15, 0.2) is 5.96 Å². The van der Waals surface area contributed by atoms with Crippen molar-refractivity contribution in [2.45, 2.75) is 50.1 Å². The molecule has 0 saturated carbocycles. The molecule has 1 aromatic rings. The highest BCUT2D eigenvalue weighted by Gasteiger charge is 2.40. The smallest absolute Gasteiger partial charge is 0.229 e. The van der Waals surface area contributed by atoms with E-state index in [9.17, 15) is 4.79 Å². The van der Waals surface area contributed by atoms with Crippen LogP contribution in [-0.4, -0.2) is 86.6 Å². The fourth-order valence-electron chi connectivity index (χ4n) is 5.31. The fourth-order valence-corrected chi connectivity index (χ4v) is 5.31. The van der Waals surface area contributed by atoms with Crippen molar-refractivity contribution in [3.63, 3.8) is 0 Å². The highest BCUT2D eigenvalue weighted by atomic mass is 16.2. The van der Waals surface area contributed by atoms with Crippen molar-refractivity contribution >= 4 is 17.6 Å². The number of likely N-dealkylation sites (tertiary alicyclic amines) is 2. The van der Waals surface area contributed by atoms with Crippen LogP contribution < -0.4 is 15.5 Å². The zero-order valence-electron chi connectivity index (χ0n) is 19.1. The number of piperidine rings is 2. The summed E-state index contributed by atoms with van der Waals surface area (Å²) in [7, 11) is 4.05. The van der Waals surface area contributed by atoms with E-state index in [1.165, 1.54) is 45.2 Å². The average molecular weight is 427 g/mol. The molecule has 0 bridgehead atoms. The predicted molar refractivity (Wildman–Crippen MR) is 127 cm³/mol. The van der Waals surface area contributed by atoms with E-state index in [2.05, 4.69) is 32.5 Å². The number of carbonyl (C=O) groups excluding carboxylic acids is 1. The second-order valence-electron chi connectivity index (χ2n) is 9.39. The van der Waals surface area contributed by atoms with Crippen LogP contribution >= 0.6 is 0 Å². The molecule has 7 heteroatoms. The van der Waals surface area contributed by atoms with Crippen LogP contribution in [0.4, 0.5) is 5.69 Å². The maximum absolute atomic E-state index is 12.6. The summed E-state index contributed by atoms with van der Waals surface area (Å²) in [5.41, 5.74) is 1.17. The molecule has 3 heterocycles. The topological polar surface area (TPSA) is 63.2 Å². The van der Waals surface area contributed by atoms with Crippen LogP contribution in [0.15, 0.2) is 35.3 Å². The average Bonchev–Trinajstić information content (AvgIpc) is 3.19. The Morgan fingerprint density at radius 2 is 1.81 bits per heavy atom. The van der Waals surface area contributed by atoms with Gasteiger partial charge < -0.3 is 20.4 Å². The zero-order valence-corrected chi connectivity index (χ0v) is 19.1. The largest absolute Gasteiger partial charge is 0.355 e. The Balaban J connectivity index is 1.36. The lowest BCUT2D eigenvalue weighted by Gasteiger charge is -2.50. The number of carbonyl (C=O) groups is 1. The van der Waals surface area contributed by atoms with E-state index < -0.39 is 0 Å². The monoisotopic (exact) mass is 426 g/mol. The molecule has 3 saturated heterocycles. The van der Waals surface area contributed by atoms with Crippen molar-refractivity contribution in [2.24, 2.45) is 4.99 Å². The van der Waals surface area contributed by atoms with Gasteiger partial charge in [-0.3, -0.25) is 14.7 Å². The number of rotatable bonds is 5. The summed E-state index contributed by atoms with van der Waals surface area (Å²) in [4.78, 5) is 24.1. The number of aliphatic imine (C=N–C) groups is 1. The van der Waals surface area contributed by atoms with E-state index >= 15 is 0 Å². The molecule has 0 radical (unpaired) electrons. The first-order chi connectivity index (χ1) is 15.1. The van der Waals surface area contributed by atoms with Crippen molar-refractivity contribution < 1.29 is 4.79 Å². The van der Waals surface area contributed by atoms with Gasteiger partial charge in [0.25, 0.3) is 0 Å². The van der Waals surface area contributed by atoms with Gasteiger partial charge in [-0.15, -0.1) is 0 Å². The number of amides is 1. The normalized spacial score (nSPS) is 25.6. The fraction of sp³-hybridized carbons (Fsp3) is 0.667. The van der Waals surface area contributed by atoms with E-state index in [-0.39, 0.29) is 17.5 Å². The van der Waals surface area contributed by atoms with Crippen molar-refractivity contribution in [1.82, 2.24) is 20.4 Å². The predicted octanol–water partition coefficient (Wildman–Crippen LogP) is 1.91. The molecule has 4 rings (SSSR count). The molecule has 1 aromatic carbocycles. The summed E-state index contributed by atoms with van der Waals surface area (Å²) < 4.78 is 0. The second-order valence-corrected chi connectivity index (χ2v) is 9.39. The summed E-state index contributed by atoms with van der Waals surface area (Å²) >= 11 is 0. The lowest BCUT2D eigenvalue weighted by molar-refractivity contribution is -0.117. The van der Waals surface area contributed by atoms with Gasteiger partial charge in [0.05, 0.1) is 6.04 Å². The van der Waals surface area contributed by atoms with E-state index in [1.807, 2.05) is 42.3 Å². The number of benzene rings is 1. The van der Waals surface area contributed by atoms with Crippen LogP contribution in [0.5, 0.6) is 0 Å². The van der Waals surface area contributed by atoms with Gasteiger partial charge in [0.2, 0.25) is 5.91 Å². The Kier molecular flexibility index (Phi) is 7.13. The third kappa shape index (κ3) is 5.21. The van der Waals surface area contributed by atoms with E-state index in [0.29, 0.717) is 13.0 Å². The molecule has 1 atom stereocenters. The molecule has 1 amide bonds. The molecule has 0 aliphatic carbocycles. The van der Waals surface area contributed by atoms with Crippen LogP contribution in [0.1, 0.15) is 38.5 Å². The van der Waals surface area contributed by atoms with Gasteiger partial charge in [0, 0.05) is 37.8 Å². The number of anilines is 1. The van der Waals surface area contributed by atoms with Gasteiger partial charge in [-0.2, -0.15) is 0 Å². The van der Waals surface area contributed by atoms with Crippen LogP contribution in [0, 0.1) is 0 Å². The third-order valence-corrected chi connectivity index (χ3v) is 7.29. The summed E-state index contributed by atoms with van der Waals surface area (Å²) in [6.07, 6.45) is 6.86. The Morgan fingerprint density at radius 1 is 1.10 bits per heavy atom. The maximum atomic E-state index is 12.6. The SMILES string of the molecule is CN=C(NCC1(N2CCCCC2)CCN(C)CC1)NC1CC(=O)N(c2ccccc2)C1. The number of guanidine groups is 1. The molecule has 31 heavy (non-hydrogen) atoms. The van der Waals surface area contributed by atoms with Gasteiger partial charge in [-0.1, -0.05) is 24.6 Å². The Morgan fingerprint density at radius 3 is 2.48 bits per heavy atom. The third-order valence-electron chi connectivity index (χ3n) is 7.29. The molecular weight excluding hydrogens is 388 g/mol. The van der Waals surface area contributed by atoms with E-state index in [0.717, 1.165) is 31.3 Å². The second kappa shape index (κ2) is 10.0. The van der Waals surface area contributed by atoms with Crippen molar-refractivity contribution in [3.05, 3.63) is 30.3 Å². The molecular formula is C24H38N6O. The molecule has 3 aliphatic rings. The van der Waals surface area contributed by atoms with Crippen LogP contribution in [0.3, 0.4) is 0 Å². The lowest BCUT2D eigenvalue weighted by Crippen LogP contribution is -2.62.